The Morgan fingerprint density at radius 1 is 0.630 bits per heavy atom. The molecule has 140 valence electrons. The Kier molecular flexibility index (Phi) is 5.85. The van der Waals surface area contributed by atoms with Gasteiger partial charge in [-0.25, -0.2) is 8.42 Å². The number of benzene rings is 3. The highest BCUT2D eigenvalue weighted by molar-refractivity contribution is 8.06. The lowest BCUT2D eigenvalue weighted by Gasteiger charge is -2.11. The molecule has 1 unspecified atom stereocenters. The van der Waals surface area contributed by atoms with Crippen LogP contribution in [0.1, 0.15) is 0 Å². The molecule has 3 rings (SSSR count). The highest BCUT2D eigenvalue weighted by Gasteiger charge is 2.20. The predicted molar refractivity (Wildman–Crippen MR) is 105 cm³/mol. The largest absolute Gasteiger partial charge is 0.289 e. The number of hydrogen-bond donors (Lipinski definition) is 1. The first kappa shape index (κ1) is 19.4. The van der Waals surface area contributed by atoms with Gasteiger partial charge < -0.3 is 0 Å². The van der Waals surface area contributed by atoms with Gasteiger partial charge in [-0.15, -0.1) is 7.90 Å². The van der Waals surface area contributed by atoms with Gasteiger partial charge in [0.1, 0.15) is 0 Å². The van der Waals surface area contributed by atoms with E-state index >= 15 is 0 Å². The quantitative estimate of drug-likeness (QED) is 0.663. The van der Waals surface area contributed by atoms with Crippen molar-refractivity contribution >= 4 is 30.9 Å². The Balaban J connectivity index is 2.08. The second-order valence-corrected chi connectivity index (χ2v) is 10.6. The van der Waals surface area contributed by atoms with Crippen molar-refractivity contribution in [2.45, 2.75) is 14.7 Å². The van der Waals surface area contributed by atoms with Crippen molar-refractivity contribution in [3.05, 3.63) is 91.0 Å². The van der Waals surface area contributed by atoms with Crippen LogP contribution in [0.15, 0.2) is 109 Å². The number of nitrogens with one attached hydrogen (secondary N) is 1. The molecule has 0 aliphatic rings. The third-order valence-electron chi connectivity index (χ3n) is 3.42. The van der Waals surface area contributed by atoms with E-state index in [1.54, 1.807) is 66.7 Å². The summed E-state index contributed by atoms with van der Waals surface area (Å²) in [6, 6.07) is 23.8. The molecule has 0 aliphatic carbocycles. The maximum absolute atomic E-state index is 12.7. The van der Waals surface area contributed by atoms with E-state index in [-0.39, 0.29) is 9.79 Å². The summed E-state index contributed by atoms with van der Waals surface area (Å²) in [6.45, 7) is 0. The van der Waals surface area contributed by atoms with Crippen molar-refractivity contribution in [1.82, 2.24) is 4.13 Å². The molecule has 0 saturated heterocycles. The van der Waals surface area contributed by atoms with Crippen LogP contribution in [0.2, 0.25) is 0 Å². The number of rotatable bonds is 6. The normalized spacial score (nSPS) is 13.3. The third-order valence-corrected chi connectivity index (χ3v) is 8.79. The van der Waals surface area contributed by atoms with Gasteiger partial charge in [-0.2, -0.15) is 8.42 Å². The fourth-order valence-corrected chi connectivity index (χ4v) is 7.04. The van der Waals surface area contributed by atoms with Crippen LogP contribution < -0.4 is 4.13 Å². The first-order valence-corrected chi connectivity index (χ1v) is 11.9. The molecular formula is C18H16N2O4S3. The van der Waals surface area contributed by atoms with E-state index in [4.69, 9.17) is 0 Å². The van der Waals surface area contributed by atoms with E-state index in [9.17, 15) is 16.8 Å². The molecule has 0 spiro atoms. The monoisotopic (exact) mass is 420 g/mol. The third kappa shape index (κ3) is 4.89. The molecule has 6 nitrogen and oxygen atoms in total. The van der Waals surface area contributed by atoms with Crippen molar-refractivity contribution < 1.29 is 16.8 Å². The highest BCUT2D eigenvalue weighted by atomic mass is 32.3. The second kappa shape index (κ2) is 8.13. The number of hydrogen-bond acceptors (Lipinski definition) is 4. The molecule has 0 aromatic heterocycles. The number of sulfonamides is 2. The molecule has 3 aromatic carbocycles. The Hall–Kier alpha value is -2.33. The molecule has 27 heavy (non-hydrogen) atoms. The van der Waals surface area contributed by atoms with Crippen molar-refractivity contribution in [3.8, 4) is 0 Å². The van der Waals surface area contributed by atoms with Crippen LogP contribution in [-0.2, 0) is 30.9 Å². The van der Waals surface area contributed by atoms with Crippen LogP contribution in [0.3, 0.4) is 0 Å². The summed E-state index contributed by atoms with van der Waals surface area (Å²) >= 11 is 0. The summed E-state index contributed by atoms with van der Waals surface area (Å²) in [5.74, 6) is 0. The minimum atomic E-state index is -4.05. The van der Waals surface area contributed by atoms with Crippen LogP contribution in [0.4, 0.5) is 0 Å². The van der Waals surface area contributed by atoms with Crippen molar-refractivity contribution in [2.24, 2.45) is 3.77 Å². The smallest absolute Gasteiger partial charge is 0.206 e. The number of nitrogens with zero attached hydrogens (tertiary/aromatic N) is 1. The lowest BCUT2D eigenvalue weighted by Crippen LogP contribution is -2.26. The lowest BCUT2D eigenvalue weighted by molar-refractivity contribution is 0.594. The SMILES string of the molecule is O=S(=O)(N=S(NS(=O)(=O)c1ccccc1)c1ccccc1)c1ccccc1. The lowest BCUT2D eigenvalue weighted by atomic mass is 10.4. The van der Waals surface area contributed by atoms with Gasteiger partial charge in [0.15, 0.2) is 0 Å². The van der Waals surface area contributed by atoms with Crippen molar-refractivity contribution in [1.29, 1.82) is 0 Å². The molecular weight excluding hydrogens is 404 g/mol. The summed E-state index contributed by atoms with van der Waals surface area (Å²) in [7, 11) is -9.64. The van der Waals surface area contributed by atoms with Gasteiger partial charge in [-0.3, -0.25) is 0 Å². The molecule has 0 amide bonds. The summed E-state index contributed by atoms with van der Waals surface area (Å²) in [4.78, 5) is 0.472. The standard InChI is InChI=1S/C18H16N2O4S3/c21-26(22,17-12-6-2-7-13-17)19-25(16-10-4-1-5-11-16)20-27(23,24)18-14-8-3-9-15-18/h1-15H,(H,19,20). The Labute approximate surface area is 161 Å². The molecule has 0 bridgehead atoms. The minimum absolute atomic E-state index is 0.00246. The molecule has 0 aliphatic heterocycles. The van der Waals surface area contributed by atoms with Gasteiger partial charge in [0.25, 0.3) is 20.0 Å². The molecule has 0 saturated carbocycles. The summed E-state index contributed by atoms with van der Waals surface area (Å²) in [5, 5.41) is 0. The Morgan fingerprint density at radius 2 is 1.07 bits per heavy atom. The van der Waals surface area contributed by atoms with E-state index < -0.39 is 30.9 Å². The second-order valence-electron chi connectivity index (χ2n) is 5.36. The zero-order valence-electron chi connectivity index (χ0n) is 14.0. The summed E-state index contributed by atoms with van der Waals surface area (Å²) in [5.41, 5.74) is 0. The zero-order valence-corrected chi connectivity index (χ0v) is 16.4. The van der Waals surface area contributed by atoms with Gasteiger partial charge in [-0.05, 0) is 36.4 Å². The van der Waals surface area contributed by atoms with Crippen LogP contribution in [0.25, 0.3) is 0 Å². The zero-order chi connectivity index (χ0) is 19.3. The van der Waals surface area contributed by atoms with Crippen LogP contribution in [-0.4, -0.2) is 16.8 Å². The molecule has 9 heteroatoms. The predicted octanol–water partition coefficient (Wildman–Crippen LogP) is 3.13. The van der Waals surface area contributed by atoms with E-state index in [1.807, 2.05) is 0 Å². The van der Waals surface area contributed by atoms with Gasteiger partial charge in [0, 0.05) is 15.8 Å². The maximum atomic E-state index is 12.7. The van der Waals surface area contributed by atoms with E-state index in [2.05, 4.69) is 7.90 Å². The maximum Gasteiger partial charge on any atom is 0.289 e. The van der Waals surface area contributed by atoms with E-state index in [0.717, 1.165) is 0 Å². The van der Waals surface area contributed by atoms with Gasteiger partial charge in [0.2, 0.25) is 0 Å². The average molecular weight is 421 g/mol. The van der Waals surface area contributed by atoms with Crippen LogP contribution in [0, 0.1) is 0 Å². The van der Waals surface area contributed by atoms with E-state index in [0.29, 0.717) is 4.90 Å². The first-order chi connectivity index (χ1) is 12.9. The topological polar surface area (TPSA) is 92.7 Å². The fraction of sp³-hybridized carbons (Fsp3) is 0. The average Bonchev–Trinajstić information content (AvgIpc) is 2.69. The Bertz CT molecular complexity index is 1150. The molecule has 0 heterocycles. The fourth-order valence-electron chi connectivity index (χ4n) is 2.14. The summed E-state index contributed by atoms with van der Waals surface area (Å²) in [6.07, 6.45) is 0. The molecule has 0 fully saturated rings. The Morgan fingerprint density at radius 3 is 1.59 bits per heavy atom. The highest BCUT2D eigenvalue weighted by Crippen LogP contribution is 2.18. The summed E-state index contributed by atoms with van der Waals surface area (Å²) < 4.78 is 56.9. The van der Waals surface area contributed by atoms with E-state index in [1.165, 1.54) is 24.3 Å². The van der Waals surface area contributed by atoms with Crippen LogP contribution >= 0.6 is 0 Å². The van der Waals surface area contributed by atoms with Crippen molar-refractivity contribution in [3.63, 3.8) is 0 Å². The molecule has 1 atom stereocenters. The molecule has 0 radical (unpaired) electrons. The van der Waals surface area contributed by atoms with Crippen molar-refractivity contribution in [2.75, 3.05) is 0 Å². The molecule has 3 aromatic rings. The van der Waals surface area contributed by atoms with Gasteiger partial charge in [0.05, 0.1) is 9.79 Å². The van der Waals surface area contributed by atoms with Gasteiger partial charge in [-0.1, -0.05) is 54.6 Å². The first-order valence-electron chi connectivity index (χ1n) is 7.78. The van der Waals surface area contributed by atoms with Gasteiger partial charge >= 0.3 is 0 Å². The van der Waals surface area contributed by atoms with Crippen LogP contribution in [0.5, 0.6) is 0 Å². The molecule has 1 N–H and O–H groups in total. The minimum Gasteiger partial charge on any atom is -0.206 e.